The maximum Gasteiger partial charge on any atom is 0.310 e. The highest BCUT2D eigenvalue weighted by molar-refractivity contribution is 6.15. The summed E-state index contributed by atoms with van der Waals surface area (Å²) in [7, 11) is 2.81. The van der Waals surface area contributed by atoms with Crippen LogP contribution in [0.15, 0.2) is 309 Å². The zero-order valence-corrected chi connectivity index (χ0v) is 78.1. The smallest absolute Gasteiger partial charge is 0.310 e. The number of nitrogens with zero attached hydrogens (tertiary/aromatic N) is 8. The molecule has 0 aliphatic carbocycles. The number of benzene rings is 8. The molecular formula is C112H104N10O17. The molecule has 3 saturated heterocycles. The zero-order valence-electron chi connectivity index (χ0n) is 78.1. The summed E-state index contributed by atoms with van der Waals surface area (Å²) in [6, 6.07) is 86.3. The summed E-state index contributed by atoms with van der Waals surface area (Å²) in [5.74, 6) is 3.93. The van der Waals surface area contributed by atoms with Crippen molar-refractivity contribution in [1.82, 2.24) is 39.6 Å². The van der Waals surface area contributed by atoms with E-state index in [1.165, 1.54) is 14.2 Å². The number of methoxy groups -OCH3 is 2. The lowest BCUT2D eigenvalue weighted by Crippen LogP contribution is -2.42. The Balaban J connectivity index is 0.000000125. The molecule has 0 spiro atoms. The number of anilines is 2. The van der Waals surface area contributed by atoms with Gasteiger partial charge in [0, 0.05) is 83.1 Å². The minimum absolute atomic E-state index is 0.0496. The number of aromatic nitrogens is 5. The molecule has 27 heteroatoms. The van der Waals surface area contributed by atoms with Gasteiger partial charge in [-0.3, -0.25) is 38.4 Å². The Kier molecular flexibility index (Phi) is 31.0. The molecule has 3 aliphatic heterocycles. The number of pyridine rings is 5. The Hall–Kier alpha value is -16.7. The first-order valence-corrected chi connectivity index (χ1v) is 46.3. The standard InChI is InChI=1S/C24H20N2O2.C23H20N2O3.2C22H22N2O4.C21H20N2O4/c1-2-28-19-14-12-18(13-15-19)25-24(27)21-16-23(17-8-4-3-5-9-17)26-22-11-7-6-10-20(21)22;1-3-27-17-11-9-16(10-12-17)24-23(26)19-14-21(22-13-8-15(2)28-22)25-20-7-5-4-6-18(19)20;1-14-7-8-20(28-14)19-13-17(16-5-3-4-6-18(16)23-19)21(25)24-11-9-15(10-12-24)22(26)27-2;1-2-27-22(26)15-7-5-11-24(14-15)21(25)17-13-19(20-10-6-12-28-20)23-18-9-4-3-8-16(17)18;1-26-21(25)14-8-10-23(11-9-14)20(24)16-13-18(19-7-4-12-27-19)22-17-6-3-2-5-15(16)17/h3-16H,2H2,1H3,(H,25,27);4-14H,3H2,1-2H3,(H,24,26);3-8,13,15H,9-12H2,1-2H3;3-4,6,8-10,12-13,15H,2,5,7,11,14H2,1H3;2-7,12-14H,8-11H2,1H3. The number of piperidine rings is 3. The van der Waals surface area contributed by atoms with Gasteiger partial charge in [-0.15, -0.1) is 0 Å². The highest BCUT2D eigenvalue weighted by Crippen LogP contribution is 2.36. The van der Waals surface area contributed by atoms with Crippen LogP contribution < -0.4 is 20.1 Å². The molecule has 0 radical (unpaired) electrons. The molecule has 2 N–H and O–H groups in total. The van der Waals surface area contributed by atoms with Gasteiger partial charge >= 0.3 is 17.9 Å². The van der Waals surface area contributed by atoms with Crippen LogP contribution in [0.4, 0.5) is 11.4 Å². The lowest BCUT2D eigenvalue weighted by molar-refractivity contribution is -0.149. The number of hydrogen-bond donors (Lipinski definition) is 2. The molecule has 1 unspecified atom stereocenters. The van der Waals surface area contributed by atoms with Crippen LogP contribution >= 0.6 is 0 Å². The molecule has 27 nitrogen and oxygen atoms in total. The van der Waals surface area contributed by atoms with Crippen LogP contribution in [0.25, 0.3) is 112 Å². The number of carbonyl (C=O) groups is 8. The van der Waals surface area contributed by atoms with Gasteiger partial charge in [-0.1, -0.05) is 121 Å². The Morgan fingerprint density at radius 2 is 0.683 bits per heavy atom. The third-order valence-corrected chi connectivity index (χ3v) is 24.2. The van der Waals surface area contributed by atoms with Crippen molar-refractivity contribution in [2.24, 2.45) is 17.8 Å². The van der Waals surface area contributed by atoms with Crippen molar-refractivity contribution in [3.63, 3.8) is 0 Å². The van der Waals surface area contributed by atoms with Gasteiger partial charge in [0.15, 0.2) is 23.0 Å². The third kappa shape index (κ3) is 23.1. The highest BCUT2D eigenvalue weighted by Gasteiger charge is 2.34. The van der Waals surface area contributed by atoms with E-state index in [0.717, 1.165) is 107 Å². The van der Waals surface area contributed by atoms with Crippen LogP contribution in [-0.4, -0.2) is 160 Å². The third-order valence-electron chi connectivity index (χ3n) is 24.2. The first-order valence-electron chi connectivity index (χ1n) is 46.3. The lowest BCUT2D eigenvalue weighted by Gasteiger charge is -2.32. The van der Waals surface area contributed by atoms with E-state index in [2.05, 4.69) is 30.6 Å². The monoisotopic (exact) mass is 1860 g/mol. The molecule has 5 amide bonds. The molecule has 3 aliphatic rings. The molecule has 20 rings (SSSR count). The van der Waals surface area contributed by atoms with Crippen molar-refractivity contribution in [1.29, 1.82) is 0 Å². The largest absolute Gasteiger partial charge is 0.494 e. The summed E-state index contributed by atoms with van der Waals surface area (Å²) in [6.45, 7) is 14.1. The predicted octanol–water partition coefficient (Wildman–Crippen LogP) is 22.3. The predicted molar refractivity (Wildman–Crippen MR) is 532 cm³/mol. The number of amides is 5. The Labute approximate surface area is 802 Å². The van der Waals surface area contributed by atoms with Gasteiger partial charge in [-0.05, 0) is 231 Å². The summed E-state index contributed by atoms with van der Waals surface area (Å²) in [5.41, 5.74) is 12.4. The lowest BCUT2D eigenvalue weighted by atomic mass is 9.96. The van der Waals surface area contributed by atoms with E-state index >= 15 is 0 Å². The molecular weight excluding hydrogens is 1760 g/mol. The maximum atomic E-state index is 13.4. The number of carbonyl (C=O) groups excluding carboxylic acids is 8. The average Bonchev–Trinajstić information content (AvgIpc) is 1.74. The summed E-state index contributed by atoms with van der Waals surface area (Å²) in [6.07, 6.45) is 7.17. The number of hydrogen-bond acceptors (Lipinski definition) is 22. The van der Waals surface area contributed by atoms with Crippen LogP contribution in [0.5, 0.6) is 11.5 Å². The molecule has 17 aromatic rings. The van der Waals surface area contributed by atoms with Crippen molar-refractivity contribution >= 4 is 113 Å². The number of furan rings is 4. The molecule has 0 saturated carbocycles. The minimum Gasteiger partial charge on any atom is -0.494 e. The van der Waals surface area contributed by atoms with E-state index in [4.69, 9.17) is 46.3 Å². The van der Waals surface area contributed by atoms with Crippen LogP contribution in [0.2, 0.25) is 0 Å². The van der Waals surface area contributed by atoms with Gasteiger partial charge in [0.2, 0.25) is 0 Å². The topological polar surface area (TPSA) is 333 Å². The highest BCUT2D eigenvalue weighted by atomic mass is 16.5. The van der Waals surface area contributed by atoms with Crippen molar-refractivity contribution in [3.05, 3.63) is 331 Å². The molecule has 139 heavy (non-hydrogen) atoms. The quantitative estimate of drug-likeness (QED) is 0.0529. The molecule has 3 fully saturated rings. The van der Waals surface area contributed by atoms with Crippen LogP contribution in [0, 0.1) is 31.6 Å². The average molecular weight is 1860 g/mol. The molecule has 9 aromatic heterocycles. The van der Waals surface area contributed by atoms with Crippen LogP contribution in [0.3, 0.4) is 0 Å². The number of rotatable bonds is 20. The Bertz CT molecular complexity index is 7230. The van der Waals surface area contributed by atoms with Crippen molar-refractivity contribution < 1.29 is 79.7 Å². The zero-order chi connectivity index (χ0) is 96.8. The number of ether oxygens (including phenoxy) is 5. The number of para-hydroxylation sites is 5. The SMILES string of the molecule is CCOC(=O)C1CCCN(C(=O)c2cc(-c3ccco3)nc3ccccc23)C1.CCOc1ccc(NC(=O)c2cc(-c3ccc(C)o3)nc3ccccc23)cc1.CCOc1ccc(NC(=O)c2cc(-c3ccccc3)nc3ccccc23)cc1.COC(=O)C1CCN(C(=O)c2cc(-c3ccc(C)o3)nc3ccccc23)CC1.COC(=O)C1CCN(C(=O)c2cc(-c3ccco3)nc3ccccc23)CC1. The summed E-state index contributed by atoms with van der Waals surface area (Å²) >= 11 is 0. The van der Waals surface area contributed by atoms with Gasteiger partial charge in [-0.2, -0.15) is 0 Å². The van der Waals surface area contributed by atoms with E-state index in [1.54, 1.807) is 70.5 Å². The first kappa shape index (κ1) is 95.4. The summed E-state index contributed by atoms with van der Waals surface area (Å²) in [4.78, 5) is 130. The van der Waals surface area contributed by atoms with E-state index in [1.807, 2.05) is 270 Å². The van der Waals surface area contributed by atoms with Gasteiger partial charge in [0.05, 0.1) is 125 Å². The normalized spacial score (nSPS) is 13.7. The maximum absolute atomic E-state index is 13.4. The first-order chi connectivity index (χ1) is 67.8. The molecule has 12 heterocycles. The molecule has 0 bridgehead atoms. The fourth-order valence-electron chi connectivity index (χ4n) is 17.1. The number of nitrogens with one attached hydrogen (secondary N) is 2. The Morgan fingerprint density at radius 3 is 1.04 bits per heavy atom. The van der Waals surface area contributed by atoms with E-state index in [-0.39, 0.29) is 65.2 Å². The molecule has 704 valence electrons. The van der Waals surface area contributed by atoms with Crippen LogP contribution in [-0.2, 0) is 28.6 Å². The van der Waals surface area contributed by atoms with Crippen LogP contribution in [0.1, 0.15) is 123 Å². The second-order valence-electron chi connectivity index (χ2n) is 33.3. The van der Waals surface area contributed by atoms with Gasteiger partial charge in [0.25, 0.3) is 29.5 Å². The van der Waals surface area contributed by atoms with Crippen molar-refractivity contribution in [2.75, 3.05) is 83.9 Å². The fraction of sp³-hybridized carbons (Fsp3) is 0.223. The Morgan fingerprint density at radius 1 is 0.338 bits per heavy atom. The van der Waals surface area contributed by atoms with Crippen molar-refractivity contribution in [2.45, 2.75) is 73.1 Å². The fourth-order valence-corrected chi connectivity index (χ4v) is 17.1. The van der Waals surface area contributed by atoms with E-state index in [9.17, 15) is 38.4 Å². The second kappa shape index (κ2) is 45.1. The molecule has 1 atom stereocenters. The summed E-state index contributed by atoms with van der Waals surface area (Å²) < 4.78 is 48.1. The van der Waals surface area contributed by atoms with Gasteiger partial charge in [-0.25, -0.2) is 24.9 Å². The number of aryl methyl sites for hydroxylation is 2. The number of likely N-dealkylation sites (tertiary alicyclic amines) is 3. The van der Waals surface area contributed by atoms with Crippen molar-refractivity contribution in [3.8, 4) is 68.6 Å². The molecule has 8 aromatic carbocycles. The van der Waals surface area contributed by atoms with E-state index in [0.29, 0.717) is 164 Å². The number of fused-ring (bicyclic) bond motifs is 5. The van der Waals surface area contributed by atoms with Gasteiger partial charge < -0.3 is 66.7 Å². The summed E-state index contributed by atoms with van der Waals surface area (Å²) in [5, 5.41) is 9.96. The minimum atomic E-state index is -0.268. The number of esters is 3. The van der Waals surface area contributed by atoms with E-state index < -0.39 is 0 Å². The second-order valence-corrected chi connectivity index (χ2v) is 33.3. The van der Waals surface area contributed by atoms with Gasteiger partial charge in [0.1, 0.15) is 45.8 Å².